The molecule has 1 aromatic rings. The third-order valence-corrected chi connectivity index (χ3v) is 4.22. The Kier molecular flexibility index (Phi) is 6.26. The van der Waals surface area contributed by atoms with Gasteiger partial charge in [0.05, 0.1) is 5.60 Å². The van der Waals surface area contributed by atoms with Crippen molar-refractivity contribution < 1.29 is 4.74 Å². The van der Waals surface area contributed by atoms with Crippen LogP contribution in [0.2, 0.25) is 0 Å². The Hall–Kier alpha value is -0.450. The van der Waals surface area contributed by atoms with Crippen LogP contribution in [0.5, 0.6) is 0 Å². The summed E-state index contributed by atoms with van der Waals surface area (Å²) in [7, 11) is 3.80. The normalized spacial score (nSPS) is 13.6. The molecule has 0 aromatic carbocycles. The SMILES string of the molecule is CCC(CC)(OC)C(Cc1cncc(Br)c1)NC. The highest BCUT2D eigenvalue weighted by Gasteiger charge is 2.34. The predicted molar refractivity (Wildman–Crippen MR) is 78.8 cm³/mol. The molecule has 0 radical (unpaired) electrons. The largest absolute Gasteiger partial charge is 0.377 e. The zero-order valence-corrected chi connectivity index (χ0v) is 13.3. The molecule has 0 saturated heterocycles. The zero-order valence-electron chi connectivity index (χ0n) is 11.7. The number of rotatable bonds is 7. The second-order valence-corrected chi connectivity index (χ2v) is 5.45. The van der Waals surface area contributed by atoms with Crippen molar-refractivity contribution in [3.05, 3.63) is 28.5 Å². The van der Waals surface area contributed by atoms with Crippen LogP contribution in [-0.2, 0) is 11.2 Å². The molecule has 0 fully saturated rings. The molecule has 1 heterocycles. The minimum absolute atomic E-state index is 0.114. The minimum atomic E-state index is -0.114. The number of nitrogens with one attached hydrogen (secondary N) is 1. The van der Waals surface area contributed by atoms with Crippen molar-refractivity contribution in [1.82, 2.24) is 10.3 Å². The van der Waals surface area contributed by atoms with Crippen LogP contribution in [0.15, 0.2) is 22.9 Å². The summed E-state index contributed by atoms with van der Waals surface area (Å²) in [6, 6.07) is 2.40. The number of aromatic nitrogens is 1. The Labute approximate surface area is 118 Å². The molecule has 4 heteroatoms. The third kappa shape index (κ3) is 3.53. The fraction of sp³-hybridized carbons (Fsp3) is 0.643. The molecule has 0 aliphatic heterocycles. The van der Waals surface area contributed by atoms with Crippen molar-refractivity contribution in [1.29, 1.82) is 0 Å². The van der Waals surface area contributed by atoms with Gasteiger partial charge in [-0.05, 0) is 53.9 Å². The molecule has 1 unspecified atom stereocenters. The summed E-state index contributed by atoms with van der Waals surface area (Å²) in [5.41, 5.74) is 1.10. The fourth-order valence-corrected chi connectivity index (χ4v) is 2.94. The maximum Gasteiger partial charge on any atom is 0.0828 e. The molecule has 102 valence electrons. The molecule has 0 aliphatic rings. The van der Waals surface area contributed by atoms with E-state index in [0.29, 0.717) is 0 Å². The molecule has 0 amide bonds. The first-order chi connectivity index (χ1) is 8.61. The molecule has 3 nitrogen and oxygen atoms in total. The number of halogens is 1. The molecular formula is C14H23BrN2O. The number of pyridine rings is 1. The quantitative estimate of drug-likeness (QED) is 0.839. The smallest absolute Gasteiger partial charge is 0.0828 e. The first kappa shape index (κ1) is 15.6. The molecule has 1 atom stereocenters. The van der Waals surface area contributed by atoms with Crippen molar-refractivity contribution in [2.45, 2.75) is 44.8 Å². The monoisotopic (exact) mass is 314 g/mol. The summed E-state index contributed by atoms with van der Waals surface area (Å²) in [5.74, 6) is 0. The molecule has 0 aliphatic carbocycles. The highest BCUT2D eigenvalue weighted by molar-refractivity contribution is 9.10. The van der Waals surface area contributed by atoms with Gasteiger partial charge >= 0.3 is 0 Å². The van der Waals surface area contributed by atoms with E-state index in [2.05, 4.69) is 46.1 Å². The number of hydrogen-bond donors (Lipinski definition) is 1. The molecule has 1 rings (SSSR count). The number of methoxy groups -OCH3 is 1. The van der Waals surface area contributed by atoms with E-state index in [-0.39, 0.29) is 11.6 Å². The van der Waals surface area contributed by atoms with Crippen LogP contribution < -0.4 is 5.32 Å². The Bertz CT molecular complexity index is 358. The first-order valence-electron chi connectivity index (χ1n) is 6.43. The van der Waals surface area contributed by atoms with E-state index in [1.54, 1.807) is 13.3 Å². The lowest BCUT2D eigenvalue weighted by molar-refractivity contribution is -0.0454. The maximum atomic E-state index is 5.80. The van der Waals surface area contributed by atoms with Crippen LogP contribution in [0, 0.1) is 0 Å². The summed E-state index contributed by atoms with van der Waals surface area (Å²) >= 11 is 3.46. The van der Waals surface area contributed by atoms with Crippen molar-refractivity contribution >= 4 is 15.9 Å². The Balaban J connectivity index is 2.90. The Morgan fingerprint density at radius 1 is 1.39 bits per heavy atom. The summed E-state index contributed by atoms with van der Waals surface area (Å²) in [5, 5.41) is 3.40. The van der Waals surface area contributed by atoms with Gasteiger partial charge < -0.3 is 10.1 Å². The first-order valence-corrected chi connectivity index (χ1v) is 7.23. The number of ether oxygens (including phenoxy) is 1. The molecule has 0 saturated carbocycles. The second kappa shape index (κ2) is 7.22. The van der Waals surface area contributed by atoms with Crippen molar-refractivity contribution in [2.75, 3.05) is 14.2 Å². The Morgan fingerprint density at radius 2 is 2.06 bits per heavy atom. The summed E-state index contributed by atoms with van der Waals surface area (Å²) in [6.45, 7) is 4.35. The van der Waals surface area contributed by atoms with E-state index in [1.807, 2.05) is 13.2 Å². The van der Waals surface area contributed by atoms with Crippen LogP contribution in [0.1, 0.15) is 32.3 Å². The average Bonchev–Trinajstić information content (AvgIpc) is 2.40. The lowest BCUT2D eigenvalue weighted by Crippen LogP contribution is -2.51. The van der Waals surface area contributed by atoms with Crippen molar-refractivity contribution in [3.8, 4) is 0 Å². The second-order valence-electron chi connectivity index (χ2n) is 4.53. The van der Waals surface area contributed by atoms with E-state index in [1.165, 1.54) is 5.56 Å². The summed E-state index contributed by atoms with van der Waals surface area (Å²) < 4.78 is 6.82. The summed E-state index contributed by atoms with van der Waals surface area (Å²) in [4.78, 5) is 4.22. The minimum Gasteiger partial charge on any atom is -0.377 e. The van der Waals surface area contributed by atoms with Crippen LogP contribution in [0.4, 0.5) is 0 Å². The molecular weight excluding hydrogens is 292 g/mol. The van der Waals surface area contributed by atoms with Gasteiger partial charge in [0.1, 0.15) is 0 Å². The van der Waals surface area contributed by atoms with Crippen LogP contribution in [0.3, 0.4) is 0 Å². The molecule has 0 bridgehead atoms. The van der Waals surface area contributed by atoms with Gasteiger partial charge in [0, 0.05) is 30.0 Å². The fourth-order valence-electron chi connectivity index (χ4n) is 2.53. The lowest BCUT2D eigenvalue weighted by atomic mass is 9.84. The van der Waals surface area contributed by atoms with Crippen molar-refractivity contribution in [2.24, 2.45) is 0 Å². The van der Waals surface area contributed by atoms with Crippen molar-refractivity contribution in [3.63, 3.8) is 0 Å². The van der Waals surface area contributed by atoms with Crippen LogP contribution in [-0.4, -0.2) is 30.8 Å². The van der Waals surface area contributed by atoms with Crippen LogP contribution >= 0.6 is 15.9 Å². The molecule has 18 heavy (non-hydrogen) atoms. The number of hydrogen-bond acceptors (Lipinski definition) is 3. The maximum absolute atomic E-state index is 5.80. The van der Waals surface area contributed by atoms with Gasteiger partial charge in [-0.3, -0.25) is 4.98 Å². The van der Waals surface area contributed by atoms with E-state index in [4.69, 9.17) is 4.74 Å². The number of likely N-dealkylation sites (N-methyl/N-ethyl adjacent to an activating group) is 1. The molecule has 1 aromatic heterocycles. The molecule has 0 spiro atoms. The standard InChI is InChI=1S/C14H23BrN2O/c1-5-14(6-2,18-4)13(16-3)8-11-7-12(15)10-17-9-11/h7,9-10,13,16H,5-6,8H2,1-4H3. The van der Waals surface area contributed by atoms with E-state index < -0.39 is 0 Å². The number of nitrogens with zero attached hydrogens (tertiary/aromatic N) is 1. The van der Waals surface area contributed by atoms with Gasteiger partial charge in [-0.1, -0.05) is 13.8 Å². The van der Waals surface area contributed by atoms with E-state index >= 15 is 0 Å². The van der Waals surface area contributed by atoms with Gasteiger partial charge in [0.25, 0.3) is 0 Å². The van der Waals surface area contributed by atoms with Gasteiger partial charge in [0.15, 0.2) is 0 Å². The van der Waals surface area contributed by atoms with Crippen LogP contribution in [0.25, 0.3) is 0 Å². The highest BCUT2D eigenvalue weighted by Crippen LogP contribution is 2.26. The van der Waals surface area contributed by atoms with Gasteiger partial charge in [-0.15, -0.1) is 0 Å². The topological polar surface area (TPSA) is 34.1 Å². The lowest BCUT2D eigenvalue weighted by Gasteiger charge is -2.38. The molecule has 1 N–H and O–H groups in total. The van der Waals surface area contributed by atoms with Gasteiger partial charge in [-0.25, -0.2) is 0 Å². The summed E-state index contributed by atoms with van der Waals surface area (Å²) in [6.07, 6.45) is 6.63. The highest BCUT2D eigenvalue weighted by atomic mass is 79.9. The predicted octanol–water partition coefficient (Wildman–Crippen LogP) is 3.18. The third-order valence-electron chi connectivity index (χ3n) is 3.79. The van der Waals surface area contributed by atoms with Gasteiger partial charge in [-0.2, -0.15) is 0 Å². The zero-order chi connectivity index (χ0) is 13.6. The van der Waals surface area contributed by atoms with E-state index in [0.717, 1.165) is 23.7 Å². The average molecular weight is 315 g/mol. The van der Waals surface area contributed by atoms with Gasteiger partial charge in [0.2, 0.25) is 0 Å². The van der Waals surface area contributed by atoms with E-state index in [9.17, 15) is 0 Å². The Morgan fingerprint density at radius 3 is 2.50 bits per heavy atom.